The van der Waals surface area contributed by atoms with Gasteiger partial charge in [-0.15, -0.1) is 0 Å². The van der Waals surface area contributed by atoms with Gasteiger partial charge >= 0.3 is 0 Å². The topological polar surface area (TPSA) is 76.6 Å². The number of anilines is 2. The molecule has 7 nitrogen and oxygen atoms in total. The molecule has 1 N–H and O–H groups in total. The molecular formula is C22H22N4O3. The van der Waals surface area contributed by atoms with Crippen LogP contribution < -0.4 is 19.7 Å². The fourth-order valence-electron chi connectivity index (χ4n) is 3.25. The van der Waals surface area contributed by atoms with Gasteiger partial charge in [-0.2, -0.15) is 0 Å². The van der Waals surface area contributed by atoms with Gasteiger partial charge in [-0.3, -0.25) is 4.79 Å². The lowest BCUT2D eigenvalue weighted by Crippen LogP contribution is -2.29. The zero-order valence-corrected chi connectivity index (χ0v) is 16.2. The van der Waals surface area contributed by atoms with Crippen LogP contribution in [0.4, 0.5) is 11.5 Å². The molecule has 0 unspecified atom stereocenters. The lowest BCUT2D eigenvalue weighted by molar-refractivity contribution is 0.0941. The number of carbonyl (C=O) groups excluding carboxylic acids is 1. The van der Waals surface area contributed by atoms with Crippen LogP contribution in [0.1, 0.15) is 16.1 Å². The molecule has 1 aromatic heterocycles. The van der Waals surface area contributed by atoms with Crippen LogP contribution in [-0.2, 0) is 6.42 Å². The number of rotatable bonds is 7. The van der Waals surface area contributed by atoms with Crippen molar-refractivity contribution in [1.82, 2.24) is 15.3 Å². The Bertz CT molecular complexity index is 974. The fourth-order valence-corrected chi connectivity index (χ4v) is 3.25. The molecule has 29 heavy (non-hydrogen) atoms. The molecule has 1 aliphatic rings. The number of hydrogen-bond donors (Lipinski definition) is 1. The quantitative estimate of drug-likeness (QED) is 0.625. The van der Waals surface area contributed by atoms with Crippen molar-refractivity contribution in [3.8, 4) is 11.5 Å². The van der Waals surface area contributed by atoms with Crippen LogP contribution in [0, 0.1) is 0 Å². The molecule has 1 amide bonds. The third-order valence-electron chi connectivity index (χ3n) is 4.75. The first kappa shape index (κ1) is 18.7. The molecule has 4 rings (SSSR count). The molecular weight excluding hydrogens is 368 g/mol. The smallest absolute Gasteiger partial charge is 0.271 e. The standard InChI is InChI=1S/C22H22N4O3/c1-28-17-6-8-18(9-7-17)29-13-11-23-22(27)19-14-25-21(15-24-19)26-12-10-16-4-2-3-5-20(16)26/h2-9,14-15H,10-13H2,1H3,(H,23,27). The number of benzene rings is 2. The van der Waals surface area contributed by atoms with Gasteiger partial charge < -0.3 is 19.7 Å². The summed E-state index contributed by atoms with van der Waals surface area (Å²) >= 11 is 0. The zero-order valence-electron chi connectivity index (χ0n) is 16.2. The molecule has 0 atom stereocenters. The predicted octanol–water partition coefficient (Wildman–Crippen LogP) is 2.99. The monoisotopic (exact) mass is 390 g/mol. The van der Waals surface area contributed by atoms with Crippen molar-refractivity contribution in [2.45, 2.75) is 6.42 Å². The van der Waals surface area contributed by atoms with E-state index in [4.69, 9.17) is 9.47 Å². The van der Waals surface area contributed by atoms with E-state index in [1.54, 1.807) is 13.3 Å². The van der Waals surface area contributed by atoms with Crippen molar-refractivity contribution < 1.29 is 14.3 Å². The van der Waals surface area contributed by atoms with E-state index in [0.29, 0.717) is 13.2 Å². The van der Waals surface area contributed by atoms with E-state index in [-0.39, 0.29) is 11.6 Å². The third kappa shape index (κ3) is 4.29. The van der Waals surface area contributed by atoms with Crippen molar-refractivity contribution in [1.29, 1.82) is 0 Å². The van der Waals surface area contributed by atoms with E-state index in [9.17, 15) is 4.79 Å². The average Bonchev–Trinajstić information content (AvgIpc) is 3.21. The first-order valence-electron chi connectivity index (χ1n) is 9.47. The van der Waals surface area contributed by atoms with E-state index < -0.39 is 0 Å². The van der Waals surface area contributed by atoms with Gasteiger partial charge in [-0.05, 0) is 42.3 Å². The number of methoxy groups -OCH3 is 1. The van der Waals surface area contributed by atoms with Crippen molar-refractivity contribution in [2.24, 2.45) is 0 Å². The summed E-state index contributed by atoms with van der Waals surface area (Å²) in [6, 6.07) is 15.5. The number of fused-ring (bicyclic) bond motifs is 1. The molecule has 0 spiro atoms. The third-order valence-corrected chi connectivity index (χ3v) is 4.75. The van der Waals surface area contributed by atoms with E-state index in [1.165, 1.54) is 11.8 Å². The highest BCUT2D eigenvalue weighted by Gasteiger charge is 2.21. The molecule has 2 heterocycles. The molecule has 2 aromatic carbocycles. The number of ether oxygens (including phenoxy) is 2. The van der Waals surface area contributed by atoms with Crippen LogP contribution >= 0.6 is 0 Å². The Hall–Kier alpha value is -3.61. The minimum absolute atomic E-state index is 0.274. The van der Waals surface area contributed by atoms with Gasteiger partial charge in [0.25, 0.3) is 5.91 Å². The normalized spacial score (nSPS) is 12.4. The van der Waals surface area contributed by atoms with Crippen LogP contribution in [-0.4, -0.2) is 42.7 Å². The largest absolute Gasteiger partial charge is 0.497 e. The van der Waals surface area contributed by atoms with Gasteiger partial charge in [0.05, 0.1) is 26.0 Å². The minimum atomic E-state index is -0.274. The van der Waals surface area contributed by atoms with E-state index in [1.807, 2.05) is 36.4 Å². The SMILES string of the molecule is COc1ccc(OCCNC(=O)c2cnc(N3CCc4ccccc43)cn2)cc1. The van der Waals surface area contributed by atoms with E-state index in [0.717, 1.165) is 36.0 Å². The maximum absolute atomic E-state index is 12.3. The summed E-state index contributed by atoms with van der Waals surface area (Å²) in [5.74, 6) is 1.96. The van der Waals surface area contributed by atoms with Crippen molar-refractivity contribution in [3.05, 3.63) is 72.2 Å². The van der Waals surface area contributed by atoms with E-state index in [2.05, 4.69) is 32.3 Å². The Kier molecular flexibility index (Phi) is 5.56. The lowest BCUT2D eigenvalue weighted by Gasteiger charge is -2.17. The second kappa shape index (κ2) is 8.60. The van der Waals surface area contributed by atoms with Crippen LogP contribution in [0.25, 0.3) is 0 Å². The van der Waals surface area contributed by atoms with Gasteiger partial charge in [-0.1, -0.05) is 18.2 Å². The molecule has 0 radical (unpaired) electrons. The fraction of sp³-hybridized carbons (Fsp3) is 0.227. The highest BCUT2D eigenvalue weighted by atomic mass is 16.5. The molecule has 1 aliphatic heterocycles. The summed E-state index contributed by atoms with van der Waals surface area (Å²) in [5.41, 5.74) is 2.73. The van der Waals surface area contributed by atoms with Crippen LogP contribution in [0.3, 0.4) is 0 Å². The molecule has 0 saturated carbocycles. The van der Waals surface area contributed by atoms with Gasteiger partial charge in [-0.25, -0.2) is 9.97 Å². The molecule has 0 saturated heterocycles. The lowest BCUT2D eigenvalue weighted by atomic mass is 10.2. The van der Waals surface area contributed by atoms with Gasteiger partial charge in [0, 0.05) is 12.2 Å². The summed E-state index contributed by atoms with van der Waals surface area (Å²) in [4.78, 5) is 23.1. The molecule has 0 aliphatic carbocycles. The summed E-state index contributed by atoms with van der Waals surface area (Å²) in [5, 5.41) is 2.79. The molecule has 148 valence electrons. The highest BCUT2D eigenvalue weighted by molar-refractivity contribution is 5.92. The first-order valence-corrected chi connectivity index (χ1v) is 9.47. The van der Waals surface area contributed by atoms with Gasteiger partial charge in [0.1, 0.15) is 23.8 Å². The van der Waals surface area contributed by atoms with Crippen molar-refractivity contribution in [3.63, 3.8) is 0 Å². The Labute approximate surface area is 169 Å². The number of para-hydroxylation sites is 1. The first-order chi connectivity index (χ1) is 14.2. The number of aromatic nitrogens is 2. The maximum Gasteiger partial charge on any atom is 0.271 e. The van der Waals surface area contributed by atoms with E-state index >= 15 is 0 Å². The van der Waals surface area contributed by atoms with Gasteiger partial charge in [0.2, 0.25) is 0 Å². The molecule has 7 heteroatoms. The summed E-state index contributed by atoms with van der Waals surface area (Å²) < 4.78 is 10.7. The van der Waals surface area contributed by atoms with Crippen LogP contribution in [0.2, 0.25) is 0 Å². The number of carbonyl (C=O) groups is 1. The van der Waals surface area contributed by atoms with Crippen LogP contribution in [0.15, 0.2) is 60.9 Å². The van der Waals surface area contributed by atoms with Gasteiger partial charge in [0.15, 0.2) is 5.82 Å². The number of hydrogen-bond acceptors (Lipinski definition) is 6. The van der Waals surface area contributed by atoms with Crippen molar-refractivity contribution >= 4 is 17.4 Å². The molecule has 0 fully saturated rings. The average molecular weight is 390 g/mol. The zero-order chi connectivity index (χ0) is 20.1. The summed E-state index contributed by atoms with van der Waals surface area (Å²) in [6.07, 6.45) is 4.13. The Morgan fingerprint density at radius 2 is 1.86 bits per heavy atom. The highest BCUT2D eigenvalue weighted by Crippen LogP contribution is 2.32. The number of nitrogens with one attached hydrogen (secondary N) is 1. The maximum atomic E-state index is 12.3. The Morgan fingerprint density at radius 3 is 2.62 bits per heavy atom. The number of nitrogens with zero attached hydrogens (tertiary/aromatic N) is 3. The van der Waals surface area contributed by atoms with Crippen molar-refractivity contribution in [2.75, 3.05) is 31.7 Å². The second-order valence-electron chi connectivity index (χ2n) is 6.57. The predicted molar refractivity (Wildman–Crippen MR) is 110 cm³/mol. The summed E-state index contributed by atoms with van der Waals surface area (Å²) in [7, 11) is 1.62. The second-order valence-corrected chi connectivity index (χ2v) is 6.57. The minimum Gasteiger partial charge on any atom is -0.497 e. The Morgan fingerprint density at radius 1 is 1.07 bits per heavy atom. The number of amides is 1. The Balaban J connectivity index is 1.28. The summed E-state index contributed by atoms with van der Waals surface area (Å²) in [6.45, 7) is 1.59. The molecule has 0 bridgehead atoms. The van der Waals surface area contributed by atoms with Crippen LogP contribution in [0.5, 0.6) is 11.5 Å². The molecule has 3 aromatic rings.